The second-order valence-corrected chi connectivity index (χ2v) is 8.05. The molecule has 7 nitrogen and oxygen atoms in total. The normalized spacial score (nSPS) is 31.9. The van der Waals surface area contributed by atoms with Gasteiger partial charge in [-0.3, -0.25) is 9.59 Å². The van der Waals surface area contributed by atoms with Crippen molar-refractivity contribution >= 4 is 17.5 Å². The van der Waals surface area contributed by atoms with Gasteiger partial charge in [0.15, 0.2) is 11.5 Å². The van der Waals surface area contributed by atoms with Gasteiger partial charge in [-0.2, -0.15) is 0 Å². The molecule has 0 aliphatic carbocycles. The monoisotopic (exact) mass is 371 g/mol. The van der Waals surface area contributed by atoms with Gasteiger partial charge in [-0.15, -0.1) is 0 Å². The molecule has 0 radical (unpaired) electrons. The molecule has 7 heteroatoms. The lowest BCUT2D eigenvalue weighted by molar-refractivity contribution is -0.127. The number of nitrogens with zero attached hydrogens (tertiary/aromatic N) is 1. The fourth-order valence-corrected chi connectivity index (χ4v) is 4.83. The zero-order valence-corrected chi connectivity index (χ0v) is 15.3. The molecule has 4 aliphatic rings. The number of rotatable bonds is 3. The maximum Gasteiger partial charge on any atom is 0.227 e. The van der Waals surface area contributed by atoms with Gasteiger partial charge in [0.25, 0.3) is 0 Å². The van der Waals surface area contributed by atoms with Gasteiger partial charge in [-0.05, 0) is 37.8 Å². The van der Waals surface area contributed by atoms with Crippen LogP contribution in [0.1, 0.15) is 32.1 Å². The standard InChI is InChI=1S/C20H25N3O4/c24-19-7-12(20(25)22-15-8-13-1-2-14(9-15)21-13)11-23(19)16-3-4-17-18(10-16)27-6-5-26-17/h3-4,10,12-15,21H,1-2,5-9,11H2,(H,22,25). The smallest absolute Gasteiger partial charge is 0.227 e. The lowest BCUT2D eigenvalue weighted by atomic mass is 9.98. The number of benzene rings is 1. The molecule has 2 bridgehead atoms. The van der Waals surface area contributed by atoms with Gasteiger partial charge < -0.3 is 25.0 Å². The van der Waals surface area contributed by atoms with E-state index in [4.69, 9.17) is 9.47 Å². The Balaban J connectivity index is 1.24. The molecule has 3 saturated heterocycles. The molecule has 144 valence electrons. The number of carbonyl (C=O) groups is 2. The molecule has 3 unspecified atom stereocenters. The number of hydrogen-bond donors (Lipinski definition) is 2. The van der Waals surface area contributed by atoms with E-state index < -0.39 is 0 Å². The Kier molecular flexibility index (Phi) is 4.19. The highest BCUT2D eigenvalue weighted by atomic mass is 16.6. The number of fused-ring (bicyclic) bond motifs is 3. The van der Waals surface area contributed by atoms with Crippen molar-refractivity contribution in [2.24, 2.45) is 5.92 Å². The van der Waals surface area contributed by atoms with Crippen molar-refractivity contribution in [3.05, 3.63) is 18.2 Å². The van der Waals surface area contributed by atoms with E-state index in [-0.39, 0.29) is 30.2 Å². The van der Waals surface area contributed by atoms with Crippen LogP contribution in [0.25, 0.3) is 0 Å². The van der Waals surface area contributed by atoms with E-state index in [0.29, 0.717) is 43.3 Å². The summed E-state index contributed by atoms with van der Waals surface area (Å²) < 4.78 is 11.1. The van der Waals surface area contributed by atoms with Crippen LogP contribution in [0.5, 0.6) is 11.5 Å². The molecule has 3 fully saturated rings. The van der Waals surface area contributed by atoms with Crippen molar-refractivity contribution in [3.63, 3.8) is 0 Å². The predicted molar refractivity (Wildman–Crippen MR) is 99.0 cm³/mol. The van der Waals surface area contributed by atoms with E-state index in [0.717, 1.165) is 18.5 Å². The molecule has 4 heterocycles. The minimum atomic E-state index is -0.293. The Labute approximate surface area is 158 Å². The summed E-state index contributed by atoms with van der Waals surface area (Å²) in [6.07, 6.45) is 4.66. The fourth-order valence-electron chi connectivity index (χ4n) is 4.83. The molecule has 2 amide bonds. The third-order valence-electron chi connectivity index (χ3n) is 6.15. The highest BCUT2D eigenvalue weighted by Crippen LogP contribution is 2.36. The Morgan fingerprint density at radius 3 is 2.63 bits per heavy atom. The van der Waals surface area contributed by atoms with Crippen LogP contribution in [-0.4, -0.2) is 49.7 Å². The summed E-state index contributed by atoms with van der Waals surface area (Å²) in [5.41, 5.74) is 0.763. The molecule has 1 aromatic carbocycles. The molecule has 27 heavy (non-hydrogen) atoms. The molecule has 0 aromatic heterocycles. The summed E-state index contributed by atoms with van der Waals surface area (Å²) in [5, 5.41) is 6.79. The van der Waals surface area contributed by atoms with E-state index in [1.54, 1.807) is 4.90 Å². The highest BCUT2D eigenvalue weighted by molar-refractivity contribution is 6.00. The average molecular weight is 371 g/mol. The molecular weight excluding hydrogens is 346 g/mol. The first-order chi connectivity index (χ1) is 13.2. The van der Waals surface area contributed by atoms with Crippen LogP contribution in [0.2, 0.25) is 0 Å². The van der Waals surface area contributed by atoms with E-state index in [9.17, 15) is 9.59 Å². The Bertz CT molecular complexity index is 756. The van der Waals surface area contributed by atoms with Crippen molar-refractivity contribution in [2.75, 3.05) is 24.7 Å². The van der Waals surface area contributed by atoms with Crippen LogP contribution >= 0.6 is 0 Å². The van der Waals surface area contributed by atoms with E-state index in [2.05, 4.69) is 10.6 Å². The van der Waals surface area contributed by atoms with E-state index in [1.807, 2.05) is 18.2 Å². The van der Waals surface area contributed by atoms with Gasteiger partial charge in [-0.1, -0.05) is 0 Å². The van der Waals surface area contributed by atoms with Gasteiger partial charge in [0, 0.05) is 42.8 Å². The quantitative estimate of drug-likeness (QED) is 0.835. The van der Waals surface area contributed by atoms with Crippen LogP contribution in [0, 0.1) is 5.92 Å². The number of hydrogen-bond acceptors (Lipinski definition) is 5. The van der Waals surface area contributed by atoms with E-state index in [1.165, 1.54) is 12.8 Å². The van der Waals surface area contributed by atoms with Gasteiger partial charge in [0.05, 0.1) is 5.92 Å². The van der Waals surface area contributed by atoms with Crippen molar-refractivity contribution < 1.29 is 19.1 Å². The average Bonchev–Trinajstić information content (AvgIpc) is 3.23. The Morgan fingerprint density at radius 1 is 1.11 bits per heavy atom. The lowest BCUT2D eigenvalue weighted by Gasteiger charge is -2.30. The van der Waals surface area contributed by atoms with Crippen LogP contribution < -0.4 is 25.0 Å². The minimum absolute atomic E-state index is 0.00898. The Hall–Kier alpha value is -2.28. The third kappa shape index (κ3) is 3.25. The van der Waals surface area contributed by atoms with Crippen LogP contribution in [0.4, 0.5) is 5.69 Å². The SMILES string of the molecule is O=C(NC1CC2CCC(C1)N2)C1CC(=O)N(c2ccc3c(c2)OCCO3)C1. The maximum absolute atomic E-state index is 12.7. The number of amides is 2. The molecule has 1 aromatic rings. The van der Waals surface area contributed by atoms with Crippen molar-refractivity contribution in [1.29, 1.82) is 0 Å². The lowest BCUT2D eigenvalue weighted by Crippen LogP contribution is -2.49. The fraction of sp³-hybridized carbons (Fsp3) is 0.600. The topological polar surface area (TPSA) is 79.9 Å². The molecule has 4 aliphatic heterocycles. The first-order valence-corrected chi connectivity index (χ1v) is 9.92. The summed E-state index contributed by atoms with van der Waals surface area (Å²) in [4.78, 5) is 27.0. The second-order valence-electron chi connectivity index (χ2n) is 8.05. The summed E-state index contributed by atoms with van der Waals surface area (Å²) >= 11 is 0. The zero-order valence-electron chi connectivity index (χ0n) is 15.3. The van der Waals surface area contributed by atoms with Crippen LogP contribution in [-0.2, 0) is 9.59 Å². The number of anilines is 1. The molecule has 5 rings (SSSR count). The number of ether oxygens (including phenoxy) is 2. The summed E-state index contributed by atoms with van der Waals surface area (Å²) in [6, 6.07) is 6.82. The van der Waals surface area contributed by atoms with Crippen LogP contribution in [0.15, 0.2) is 18.2 Å². The van der Waals surface area contributed by atoms with Gasteiger partial charge in [-0.25, -0.2) is 0 Å². The van der Waals surface area contributed by atoms with Gasteiger partial charge in [0.1, 0.15) is 13.2 Å². The first-order valence-electron chi connectivity index (χ1n) is 9.92. The van der Waals surface area contributed by atoms with Gasteiger partial charge in [0.2, 0.25) is 11.8 Å². The minimum Gasteiger partial charge on any atom is -0.486 e. The van der Waals surface area contributed by atoms with Crippen molar-refractivity contribution in [2.45, 2.75) is 50.2 Å². The Morgan fingerprint density at radius 2 is 1.85 bits per heavy atom. The van der Waals surface area contributed by atoms with Crippen LogP contribution in [0.3, 0.4) is 0 Å². The van der Waals surface area contributed by atoms with Gasteiger partial charge >= 0.3 is 0 Å². The van der Waals surface area contributed by atoms with E-state index >= 15 is 0 Å². The number of nitrogens with one attached hydrogen (secondary N) is 2. The maximum atomic E-state index is 12.7. The molecule has 0 saturated carbocycles. The zero-order chi connectivity index (χ0) is 18.4. The molecule has 3 atom stereocenters. The summed E-state index contributed by atoms with van der Waals surface area (Å²) in [5.74, 6) is 1.06. The number of carbonyl (C=O) groups excluding carboxylic acids is 2. The summed E-state index contributed by atoms with van der Waals surface area (Å²) in [7, 11) is 0. The highest BCUT2D eigenvalue weighted by Gasteiger charge is 2.38. The third-order valence-corrected chi connectivity index (χ3v) is 6.15. The largest absolute Gasteiger partial charge is 0.486 e. The summed E-state index contributed by atoms with van der Waals surface area (Å²) in [6.45, 7) is 1.46. The molecular formula is C20H25N3O4. The van der Waals surface area contributed by atoms with Crippen molar-refractivity contribution in [3.8, 4) is 11.5 Å². The first kappa shape index (κ1) is 16.9. The molecule has 0 spiro atoms. The second kappa shape index (κ2) is 6.71. The molecule has 2 N–H and O–H groups in total. The number of piperidine rings is 1. The predicted octanol–water partition coefficient (Wildman–Crippen LogP) is 1.21. The van der Waals surface area contributed by atoms with Crippen molar-refractivity contribution in [1.82, 2.24) is 10.6 Å².